The predicted molar refractivity (Wildman–Crippen MR) is 110 cm³/mol. The van der Waals surface area contributed by atoms with Crippen LogP contribution in [0.2, 0.25) is 0 Å². The average molecular weight is 385 g/mol. The number of nitrogens with zero attached hydrogens (tertiary/aromatic N) is 1. The zero-order valence-electron chi connectivity index (χ0n) is 15.9. The van der Waals surface area contributed by atoms with Crippen LogP contribution < -0.4 is 5.32 Å². The second-order valence-corrected chi connectivity index (χ2v) is 8.02. The van der Waals surface area contributed by atoms with Crippen molar-refractivity contribution in [2.45, 2.75) is 51.5 Å². The van der Waals surface area contributed by atoms with Crippen LogP contribution >= 0.6 is 11.3 Å². The number of carbonyl (C=O) groups is 2. The van der Waals surface area contributed by atoms with Crippen LogP contribution in [0.5, 0.6) is 0 Å². The fourth-order valence-corrected chi connectivity index (χ4v) is 4.06. The molecule has 2 aromatic rings. The normalized spacial score (nSPS) is 14.9. The van der Waals surface area contributed by atoms with Gasteiger partial charge < -0.3 is 10.2 Å². The number of likely N-dealkylation sites (tertiary alicyclic amines) is 1. The van der Waals surface area contributed by atoms with Gasteiger partial charge in [0.1, 0.15) is 0 Å². The van der Waals surface area contributed by atoms with Gasteiger partial charge in [0, 0.05) is 30.1 Å². The Bertz CT molecular complexity index is 732. The van der Waals surface area contributed by atoms with Crippen LogP contribution in [0.3, 0.4) is 0 Å². The molecule has 0 bridgehead atoms. The minimum absolute atomic E-state index is 0.0100. The molecule has 0 radical (unpaired) electrons. The minimum atomic E-state index is -0.0100. The summed E-state index contributed by atoms with van der Waals surface area (Å²) in [5, 5.41) is 6.86. The number of amides is 2. The van der Waals surface area contributed by atoms with Crippen molar-refractivity contribution in [2.75, 3.05) is 13.1 Å². The van der Waals surface area contributed by atoms with Gasteiger partial charge in [-0.3, -0.25) is 9.59 Å². The first-order chi connectivity index (χ1) is 13.2. The van der Waals surface area contributed by atoms with Crippen molar-refractivity contribution in [3.63, 3.8) is 0 Å². The highest BCUT2D eigenvalue weighted by atomic mass is 32.1. The Morgan fingerprint density at radius 1 is 1.11 bits per heavy atom. The largest absolute Gasteiger partial charge is 0.349 e. The van der Waals surface area contributed by atoms with Crippen molar-refractivity contribution >= 4 is 23.2 Å². The van der Waals surface area contributed by atoms with Crippen molar-refractivity contribution in [1.29, 1.82) is 0 Å². The zero-order chi connectivity index (χ0) is 19.1. The molecular weight excluding hydrogens is 356 g/mol. The second kappa shape index (κ2) is 9.70. The monoisotopic (exact) mass is 384 g/mol. The lowest BCUT2D eigenvalue weighted by molar-refractivity contribution is -0.131. The molecule has 1 aromatic heterocycles. The third kappa shape index (κ3) is 5.67. The van der Waals surface area contributed by atoms with Crippen molar-refractivity contribution < 1.29 is 9.59 Å². The van der Waals surface area contributed by atoms with E-state index in [1.807, 2.05) is 21.7 Å². The van der Waals surface area contributed by atoms with Crippen LogP contribution in [0.25, 0.3) is 0 Å². The summed E-state index contributed by atoms with van der Waals surface area (Å²) >= 11 is 1.53. The zero-order valence-corrected chi connectivity index (χ0v) is 16.8. The van der Waals surface area contributed by atoms with Crippen LogP contribution in [0.4, 0.5) is 0 Å². The smallest absolute Gasteiger partial charge is 0.252 e. The maximum Gasteiger partial charge on any atom is 0.252 e. The first-order valence-electron chi connectivity index (χ1n) is 9.84. The van der Waals surface area contributed by atoms with Crippen molar-refractivity contribution in [3.8, 4) is 0 Å². The lowest BCUT2D eigenvalue weighted by Gasteiger charge is -2.32. The Morgan fingerprint density at radius 3 is 2.44 bits per heavy atom. The molecule has 2 amide bonds. The molecule has 144 valence electrons. The summed E-state index contributed by atoms with van der Waals surface area (Å²) in [7, 11) is 0. The van der Waals surface area contributed by atoms with Gasteiger partial charge in [0.2, 0.25) is 5.91 Å². The highest BCUT2D eigenvalue weighted by Crippen LogP contribution is 2.15. The molecule has 0 aliphatic carbocycles. The quantitative estimate of drug-likeness (QED) is 0.783. The first-order valence-corrected chi connectivity index (χ1v) is 10.8. The van der Waals surface area contributed by atoms with E-state index < -0.39 is 0 Å². The summed E-state index contributed by atoms with van der Waals surface area (Å²) in [5.41, 5.74) is 3.14. The lowest BCUT2D eigenvalue weighted by atomic mass is 10.0. The van der Waals surface area contributed by atoms with Gasteiger partial charge in [-0.05, 0) is 48.3 Å². The summed E-state index contributed by atoms with van der Waals surface area (Å²) in [6, 6.07) is 10.4. The van der Waals surface area contributed by atoms with Crippen molar-refractivity contribution in [2.24, 2.45) is 0 Å². The summed E-state index contributed by atoms with van der Waals surface area (Å²) in [4.78, 5) is 26.6. The van der Waals surface area contributed by atoms with E-state index in [0.717, 1.165) is 30.4 Å². The van der Waals surface area contributed by atoms with Gasteiger partial charge >= 0.3 is 0 Å². The fraction of sp³-hybridized carbons (Fsp3) is 0.455. The molecule has 1 N–H and O–H groups in total. The Balaban J connectivity index is 1.43. The topological polar surface area (TPSA) is 49.4 Å². The highest BCUT2D eigenvalue weighted by molar-refractivity contribution is 7.08. The van der Waals surface area contributed by atoms with Gasteiger partial charge in [-0.25, -0.2) is 0 Å². The third-order valence-electron chi connectivity index (χ3n) is 5.16. The molecule has 27 heavy (non-hydrogen) atoms. The Morgan fingerprint density at radius 2 is 1.81 bits per heavy atom. The molecule has 1 aliphatic rings. The molecule has 5 heteroatoms. The van der Waals surface area contributed by atoms with E-state index >= 15 is 0 Å². The molecule has 3 rings (SSSR count). The number of rotatable bonds is 7. The van der Waals surface area contributed by atoms with E-state index in [-0.39, 0.29) is 17.9 Å². The van der Waals surface area contributed by atoms with E-state index in [1.165, 1.54) is 29.7 Å². The van der Waals surface area contributed by atoms with Gasteiger partial charge in [0.05, 0.1) is 6.42 Å². The fourth-order valence-electron chi connectivity index (χ4n) is 3.43. The maximum atomic E-state index is 12.6. The van der Waals surface area contributed by atoms with E-state index in [4.69, 9.17) is 0 Å². The number of carbonyl (C=O) groups excluding carboxylic acids is 2. The summed E-state index contributed by atoms with van der Waals surface area (Å²) < 4.78 is 0. The number of nitrogens with one attached hydrogen (secondary N) is 1. The number of hydrogen-bond donors (Lipinski definition) is 1. The van der Waals surface area contributed by atoms with Crippen LogP contribution in [-0.4, -0.2) is 35.8 Å². The molecule has 1 aromatic carbocycles. The highest BCUT2D eigenvalue weighted by Gasteiger charge is 2.24. The van der Waals surface area contributed by atoms with Gasteiger partial charge in [-0.15, -0.1) is 0 Å². The van der Waals surface area contributed by atoms with Crippen LogP contribution in [0.15, 0.2) is 41.1 Å². The average Bonchev–Trinajstić information content (AvgIpc) is 3.23. The molecule has 0 atom stereocenters. The Hall–Kier alpha value is -2.14. The molecule has 0 saturated carbocycles. The van der Waals surface area contributed by atoms with Gasteiger partial charge in [0.15, 0.2) is 0 Å². The van der Waals surface area contributed by atoms with E-state index in [2.05, 4.69) is 36.5 Å². The van der Waals surface area contributed by atoms with Crippen molar-refractivity contribution in [3.05, 3.63) is 57.8 Å². The van der Waals surface area contributed by atoms with E-state index in [1.54, 1.807) is 0 Å². The lowest BCUT2D eigenvalue weighted by Crippen LogP contribution is -2.46. The van der Waals surface area contributed by atoms with Crippen LogP contribution in [-0.2, 0) is 17.6 Å². The molecule has 1 aliphatic heterocycles. The molecule has 4 nitrogen and oxygen atoms in total. The molecule has 1 fully saturated rings. The van der Waals surface area contributed by atoms with E-state index in [9.17, 15) is 9.59 Å². The van der Waals surface area contributed by atoms with Gasteiger partial charge in [-0.2, -0.15) is 11.3 Å². The second-order valence-electron chi connectivity index (χ2n) is 7.24. The van der Waals surface area contributed by atoms with Gasteiger partial charge in [-0.1, -0.05) is 37.6 Å². The molecular formula is C22H28N2O2S. The summed E-state index contributed by atoms with van der Waals surface area (Å²) in [5.74, 6) is 0.170. The van der Waals surface area contributed by atoms with Crippen LogP contribution in [0, 0.1) is 0 Å². The van der Waals surface area contributed by atoms with E-state index in [0.29, 0.717) is 19.5 Å². The SMILES string of the molecule is CCCCc1ccc(CC(=O)N2CCC(NC(=O)c3ccsc3)CC2)cc1. The number of aryl methyl sites for hydroxylation is 1. The summed E-state index contributed by atoms with van der Waals surface area (Å²) in [6.45, 7) is 3.62. The Labute approximate surface area is 165 Å². The number of piperidine rings is 1. The number of unbranched alkanes of at least 4 members (excludes halogenated alkanes) is 1. The van der Waals surface area contributed by atoms with Gasteiger partial charge in [0.25, 0.3) is 5.91 Å². The molecule has 0 unspecified atom stereocenters. The molecule has 0 spiro atoms. The number of benzene rings is 1. The minimum Gasteiger partial charge on any atom is -0.349 e. The molecule has 2 heterocycles. The van der Waals surface area contributed by atoms with Crippen molar-refractivity contribution in [1.82, 2.24) is 10.2 Å². The maximum absolute atomic E-state index is 12.6. The standard InChI is InChI=1S/C22H28N2O2S/c1-2-3-4-17-5-7-18(8-6-17)15-21(25)24-12-9-20(10-13-24)23-22(26)19-11-14-27-16-19/h5-8,11,14,16,20H,2-4,9-10,12-13,15H2,1H3,(H,23,26). The predicted octanol–water partition coefficient (Wildman–Crippen LogP) is 4.05. The van der Waals surface area contributed by atoms with Crippen LogP contribution in [0.1, 0.15) is 54.1 Å². The number of hydrogen-bond acceptors (Lipinski definition) is 3. The first kappa shape index (κ1) is 19.6. The third-order valence-corrected chi connectivity index (χ3v) is 5.85. The summed E-state index contributed by atoms with van der Waals surface area (Å²) in [6.07, 6.45) is 5.60. The Kier molecular flexibility index (Phi) is 7.04. The number of thiophene rings is 1. The molecule has 1 saturated heterocycles.